The van der Waals surface area contributed by atoms with Crippen molar-refractivity contribution in [2.75, 3.05) is 5.32 Å². The van der Waals surface area contributed by atoms with Crippen molar-refractivity contribution < 1.29 is 0 Å². The molecule has 3 unspecified atom stereocenters. The minimum absolute atomic E-state index is 0.391. The molecule has 1 saturated carbocycles. The van der Waals surface area contributed by atoms with E-state index >= 15 is 0 Å². The maximum absolute atomic E-state index is 6.01. The van der Waals surface area contributed by atoms with Crippen LogP contribution in [0.5, 0.6) is 0 Å². The second kappa shape index (κ2) is 6.10. The number of nitrogens with two attached hydrogens (primary N) is 1. The molecule has 4 heteroatoms. The first-order valence-corrected chi connectivity index (χ1v) is 7.67. The molecule has 2 nitrogen and oxygen atoms in total. The van der Waals surface area contributed by atoms with Crippen LogP contribution in [-0.2, 0) is 0 Å². The second-order valence-electron chi connectivity index (χ2n) is 5.41. The van der Waals surface area contributed by atoms with Gasteiger partial charge in [0, 0.05) is 22.3 Å². The smallest absolute Gasteiger partial charge is 0.106 e. The molecule has 1 aliphatic carbocycles. The molecule has 2 rings (SSSR count). The van der Waals surface area contributed by atoms with Crippen LogP contribution < -0.4 is 11.1 Å². The Balaban J connectivity index is 2.18. The first kappa shape index (κ1) is 14.6. The highest BCUT2D eigenvalue weighted by molar-refractivity contribution is 7.80. The van der Waals surface area contributed by atoms with E-state index in [1.165, 1.54) is 19.3 Å². The van der Waals surface area contributed by atoms with Gasteiger partial charge in [0.1, 0.15) is 4.99 Å². The summed E-state index contributed by atoms with van der Waals surface area (Å²) >= 11 is 11.1. The molecule has 3 N–H and O–H groups in total. The maximum atomic E-state index is 6.01. The van der Waals surface area contributed by atoms with Crippen molar-refractivity contribution in [1.82, 2.24) is 0 Å². The van der Waals surface area contributed by atoms with Crippen molar-refractivity contribution in [1.29, 1.82) is 0 Å². The van der Waals surface area contributed by atoms with Crippen LogP contribution in [0.15, 0.2) is 18.2 Å². The summed E-state index contributed by atoms with van der Waals surface area (Å²) in [5.41, 5.74) is 7.63. The number of hydrogen-bond acceptors (Lipinski definition) is 2. The normalized spacial score (nSPS) is 26.4. The average Bonchev–Trinajstić information content (AvgIpc) is 2.72. The summed E-state index contributed by atoms with van der Waals surface area (Å²) in [6, 6.07) is 6.19. The lowest BCUT2D eigenvalue weighted by atomic mass is 9.93. The van der Waals surface area contributed by atoms with Gasteiger partial charge < -0.3 is 11.1 Å². The molecule has 0 saturated heterocycles. The summed E-state index contributed by atoms with van der Waals surface area (Å²) < 4.78 is 0. The predicted molar refractivity (Wildman–Crippen MR) is 86.9 cm³/mol. The van der Waals surface area contributed by atoms with Crippen LogP contribution in [-0.4, -0.2) is 11.0 Å². The maximum Gasteiger partial charge on any atom is 0.106 e. The standard InChI is InChI=1S/C15H21ClN2S/c1-3-10-4-6-13(9(10)2)18-14-7-5-11(16)8-12(14)15(17)19/h5,7-10,13,18H,3-4,6H2,1-2H3,(H2,17,19). The van der Waals surface area contributed by atoms with Crippen molar-refractivity contribution >= 4 is 34.5 Å². The average molecular weight is 297 g/mol. The zero-order valence-electron chi connectivity index (χ0n) is 11.4. The molecule has 0 spiro atoms. The van der Waals surface area contributed by atoms with Gasteiger partial charge in [0.05, 0.1) is 0 Å². The van der Waals surface area contributed by atoms with Crippen molar-refractivity contribution in [3.05, 3.63) is 28.8 Å². The quantitative estimate of drug-likeness (QED) is 0.817. The topological polar surface area (TPSA) is 38.0 Å². The van der Waals surface area contributed by atoms with Crippen LogP contribution >= 0.6 is 23.8 Å². The molecule has 0 heterocycles. The van der Waals surface area contributed by atoms with Gasteiger partial charge in [-0.1, -0.05) is 44.1 Å². The lowest BCUT2D eigenvalue weighted by molar-refractivity contribution is 0.392. The molecular weight excluding hydrogens is 276 g/mol. The van der Waals surface area contributed by atoms with E-state index < -0.39 is 0 Å². The Hall–Kier alpha value is -0.800. The van der Waals surface area contributed by atoms with Crippen LogP contribution in [0.4, 0.5) is 5.69 Å². The van der Waals surface area contributed by atoms with Gasteiger partial charge in [0.15, 0.2) is 0 Å². The molecule has 1 fully saturated rings. The van der Waals surface area contributed by atoms with E-state index in [0.717, 1.165) is 17.2 Å². The number of nitrogens with one attached hydrogen (secondary N) is 1. The summed E-state index contributed by atoms with van der Waals surface area (Å²) in [4.78, 5) is 0.391. The van der Waals surface area contributed by atoms with Crippen LogP contribution in [0.25, 0.3) is 0 Å². The monoisotopic (exact) mass is 296 g/mol. The summed E-state index contributed by atoms with van der Waals surface area (Å²) in [6.45, 7) is 4.60. The molecule has 0 radical (unpaired) electrons. The zero-order chi connectivity index (χ0) is 14.0. The Kier molecular flexibility index (Phi) is 4.69. The fourth-order valence-electron chi connectivity index (χ4n) is 3.07. The largest absolute Gasteiger partial charge is 0.389 e. The fourth-order valence-corrected chi connectivity index (χ4v) is 3.41. The Morgan fingerprint density at radius 1 is 1.47 bits per heavy atom. The van der Waals surface area contributed by atoms with E-state index in [9.17, 15) is 0 Å². The zero-order valence-corrected chi connectivity index (χ0v) is 13.0. The molecule has 0 amide bonds. The third-order valence-electron chi connectivity index (χ3n) is 4.34. The second-order valence-corrected chi connectivity index (χ2v) is 6.29. The fraction of sp³-hybridized carbons (Fsp3) is 0.533. The molecule has 1 aromatic carbocycles. The van der Waals surface area contributed by atoms with E-state index in [2.05, 4.69) is 19.2 Å². The third kappa shape index (κ3) is 3.21. The van der Waals surface area contributed by atoms with E-state index in [4.69, 9.17) is 29.6 Å². The Morgan fingerprint density at radius 3 is 2.79 bits per heavy atom. The highest BCUT2D eigenvalue weighted by Gasteiger charge is 2.31. The number of rotatable bonds is 4. The molecule has 19 heavy (non-hydrogen) atoms. The van der Waals surface area contributed by atoms with Gasteiger partial charge in [0.25, 0.3) is 0 Å². The summed E-state index contributed by atoms with van der Waals surface area (Å²) in [5.74, 6) is 1.50. The van der Waals surface area contributed by atoms with Crippen LogP contribution in [0.3, 0.4) is 0 Å². The van der Waals surface area contributed by atoms with Gasteiger partial charge in [-0.25, -0.2) is 0 Å². The summed E-state index contributed by atoms with van der Waals surface area (Å²) in [6.07, 6.45) is 3.76. The van der Waals surface area contributed by atoms with Gasteiger partial charge in [-0.2, -0.15) is 0 Å². The van der Waals surface area contributed by atoms with Gasteiger partial charge in [-0.05, 0) is 42.9 Å². The van der Waals surface area contributed by atoms with Crippen molar-refractivity contribution in [3.63, 3.8) is 0 Å². The lowest BCUT2D eigenvalue weighted by Gasteiger charge is -2.23. The Labute approximate surface area is 125 Å². The molecule has 0 aromatic heterocycles. The van der Waals surface area contributed by atoms with Gasteiger partial charge in [-0.3, -0.25) is 0 Å². The highest BCUT2D eigenvalue weighted by Crippen LogP contribution is 2.36. The van der Waals surface area contributed by atoms with Crippen molar-refractivity contribution in [2.45, 2.75) is 39.2 Å². The Morgan fingerprint density at radius 2 is 2.21 bits per heavy atom. The highest BCUT2D eigenvalue weighted by atomic mass is 35.5. The molecule has 0 aliphatic heterocycles. The van der Waals surface area contributed by atoms with Crippen LogP contribution in [0, 0.1) is 11.8 Å². The van der Waals surface area contributed by atoms with E-state index in [1.54, 1.807) is 0 Å². The molecule has 3 atom stereocenters. The molecular formula is C15H21ClN2S. The number of anilines is 1. The summed E-state index contributed by atoms with van der Waals surface area (Å²) in [5, 5.41) is 4.27. The van der Waals surface area contributed by atoms with E-state index in [0.29, 0.717) is 22.0 Å². The molecule has 1 aliphatic rings. The van der Waals surface area contributed by atoms with Crippen molar-refractivity contribution in [3.8, 4) is 0 Å². The first-order chi connectivity index (χ1) is 9.02. The van der Waals surface area contributed by atoms with Gasteiger partial charge >= 0.3 is 0 Å². The van der Waals surface area contributed by atoms with Gasteiger partial charge in [0.2, 0.25) is 0 Å². The van der Waals surface area contributed by atoms with Gasteiger partial charge in [-0.15, -0.1) is 0 Å². The molecule has 1 aromatic rings. The number of benzene rings is 1. The molecule has 104 valence electrons. The third-order valence-corrected chi connectivity index (χ3v) is 4.79. The minimum Gasteiger partial charge on any atom is -0.389 e. The number of thiocarbonyl (C=S) groups is 1. The lowest BCUT2D eigenvalue weighted by Crippen LogP contribution is -2.26. The predicted octanol–water partition coefficient (Wildman–Crippen LogP) is 4.21. The molecule has 0 bridgehead atoms. The van der Waals surface area contributed by atoms with E-state index in [-0.39, 0.29) is 0 Å². The first-order valence-electron chi connectivity index (χ1n) is 6.88. The van der Waals surface area contributed by atoms with Crippen molar-refractivity contribution in [2.24, 2.45) is 17.6 Å². The summed E-state index contributed by atoms with van der Waals surface area (Å²) in [7, 11) is 0. The van der Waals surface area contributed by atoms with Crippen LogP contribution in [0.1, 0.15) is 38.7 Å². The number of hydrogen-bond donors (Lipinski definition) is 2. The number of halogens is 1. The minimum atomic E-state index is 0.391. The van der Waals surface area contributed by atoms with E-state index in [1.807, 2.05) is 18.2 Å². The SMILES string of the molecule is CCC1CCC(Nc2ccc(Cl)cc2C(N)=S)C1C. The Bertz CT molecular complexity index is 475. The van der Waals surface area contributed by atoms with Crippen LogP contribution in [0.2, 0.25) is 5.02 Å².